The van der Waals surface area contributed by atoms with Crippen LogP contribution in [0.15, 0.2) is 65.1 Å². The average Bonchev–Trinajstić information content (AvgIpc) is 2.88. The lowest BCUT2D eigenvalue weighted by Gasteiger charge is -2.36. The number of ketones is 2. The molecule has 0 unspecified atom stereocenters. The Balaban J connectivity index is 1.52. The summed E-state index contributed by atoms with van der Waals surface area (Å²) >= 11 is 0. The SMILES string of the molecule is COc1cccc(C(=O)Oc2ccc(C3C4=C(CCCC4=O)OC4=C3C(=O)CCC4)cc2OC)c1. The van der Waals surface area contributed by atoms with Crippen LogP contribution in [0.5, 0.6) is 17.2 Å². The number of Topliss-reactive ketones (excluding diaryl/α,β-unsaturated/α-hetero) is 2. The van der Waals surface area contributed by atoms with Crippen LogP contribution in [0.4, 0.5) is 0 Å². The number of esters is 1. The molecule has 5 rings (SSSR count). The van der Waals surface area contributed by atoms with Gasteiger partial charge in [-0.1, -0.05) is 12.1 Å². The number of methoxy groups -OCH3 is 2. The zero-order chi connectivity index (χ0) is 24.5. The van der Waals surface area contributed by atoms with Gasteiger partial charge in [0.15, 0.2) is 23.1 Å². The number of carbonyl (C=O) groups excluding carboxylic acids is 3. The Morgan fingerprint density at radius 1 is 0.829 bits per heavy atom. The zero-order valence-electron chi connectivity index (χ0n) is 19.7. The van der Waals surface area contributed by atoms with E-state index in [2.05, 4.69) is 0 Å². The normalized spacial score (nSPS) is 18.0. The summed E-state index contributed by atoms with van der Waals surface area (Å²) in [4.78, 5) is 38.7. The van der Waals surface area contributed by atoms with Gasteiger partial charge in [0, 0.05) is 42.7 Å². The summed E-state index contributed by atoms with van der Waals surface area (Å²) in [6.07, 6.45) is 3.70. The van der Waals surface area contributed by atoms with E-state index in [0.717, 1.165) is 18.4 Å². The van der Waals surface area contributed by atoms with Crippen molar-refractivity contribution >= 4 is 17.5 Å². The van der Waals surface area contributed by atoms with Crippen molar-refractivity contribution in [2.24, 2.45) is 0 Å². The monoisotopic (exact) mass is 474 g/mol. The standard InChI is InChI=1S/C28H26O7/c1-32-18-7-3-6-17(14-18)28(31)35-21-13-12-16(15-24(21)33-2)25-26-19(29)8-4-10-22(26)34-23-11-5-9-20(30)27(23)25/h3,6-7,12-15,25H,4-5,8-11H2,1-2H3. The van der Waals surface area contributed by atoms with Crippen LogP contribution in [-0.2, 0) is 14.3 Å². The molecular formula is C28H26O7. The molecule has 3 aliphatic rings. The van der Waals surface area contributed by atoms with Gasteiger partial charge < -0.3 is 18.9 Å². The van der Waals surface area contributed by atoms with Crippen LogP contribution in [0.1, 0.15) is 60.4 Å². The summed E-state index contributed by atoms with van der Waals surface area (Å²) in [6.45, 7) is 0. The quantitative estimate of drug-likeness (QED) is 0.443. The van der Waals surface area contributed by atoms with Gasteiger partial charge in [-0.05, 0) is 48.7 Å². The van der Waals surface area contributed by atoms with Crippen LogP contribution < -0.4 is 14.2 Å². The lowest BCUT2D eigenvalue weighted by atomic mass is 9.73. The Kier molecular flexibility index (Phi) is 6.16. The van der Waals surface area contributed by atoms with E-state index < -0.39 is 11.9 Å². The molecule has 2 aliphatic carbocycles. The highest BCUT2D eigenvalue weighted by Crippen LogP contribution is 2.48. The van der Waals surface area contributed by atoms with E-state index in [1.807, 2.05) is 0 Å². The van der Waals surface area contributed by atoms with Gasteiger partial charge in [0.1, 0.15) is 17.3 Å². The molecule has 0 saturated heterocycles. The highest BCUT2D eigenvalue weighted by molar-refractivity contribution is 6.05. The highest BCUT2D eigenvalue weighted by atomic mass is 16.6. The van der Waals surface area contributed by atoms with Crippen molar-refractivity contribution in [3.05, 3.63) is 76.3 Å². The highest BCUT2D eigenvalue weighted by Gasteiger charge is 2.42. The molecule has 1 aliphatic heterocycles. The molecule has 0 fully saturated rings. The van der Waals surface area contributed by atoms with E-state index >= 15 is 0 Å². The molecule has 180 valence electrons. The number of allylic oxidation sites excluding steroid dienone is 4. The molecule has 0 amide bonds. The van der Waals surface area contributed by atoms with E-state index in [1.165, 1.54) is 14.2 Å². The van der Waals surface area contributed by atoms with Gasteiger partial charge in [0.2, 0.25) is 0 Å². The molecule has 0 spiro atoms. The molecule has 0 bridgehead atoms. The second-order valence-electron chi connectivity index (χ2n) is 8.79. The smallest absolute Gasteiger partial charge is 0.343 e. The Bertz CT molecular complexity index is 1240. The maximum Gasteiger partial charge on any atom is 0.343 e. The van der Waals surface area contributed by atoms with Crippen LogP contribution in [0.25, 0.3) is 0 Å². The number of rotatable bonds is 5. The summed E-state index contributed by atoms with van der Waals surface area (Å²) in [6, 6.07) is 11.8. The fourth-order valence-corrected chi connectivity index (χ4v) is 5.01. The summed E-state index contributed by atoms with van der Waals surface area (Å²) in [5.74, 6) is 1.42. The molecule has 7 nitrogen and oxygen atoms in total. The van der Waals surface area contributed by atoms with E-state index in [1.54, 1.807) is 42.5 Å². The molecule has 0 atom stereocenters. The average molecular weight is 475 g/mol. The number of benzene rings is 2. The van der Waals surface area contributed by atoms with E-state index in [4.69, 9.17) is 18.9 Å². The van der Waals surface area contributed by atoms with Crippen molar-refractivity contribution in [3.63, 3.8) is 0 Å². The Hall–Kier alpha value is -3.87. The number of carbonyl (C=O) groups is 3. The first kappa shape index (κ1) is 22.9. The Morgan fingerprint density at radius 3 is 2.14 bits per heavy atom. The molecule has 2 aromatic rings. The maximum absolute atomic E-state index is 13.0. The molecule has 0 aromatic heterocycles. The first-order valence-electron chi connectivity index (χ1n) is 11.7. The third kappa shape index (κ3) is 4.22. The Morgan fingerprint density at radius 2 is 1.51 bits per heavy atom. The van der Waals surface area contributed by atoms with Crippen molar-refractivity contribution < 1.29 is 33.3 Å². The number of hydrogen-bond acceptors (Lipinski definition) is 7. The largest absolute Gasteiger partial charge is 0.497 e. The predicted molar refractivity (Wildman–Crippen MR) is 127 cm³/mol. The van der Waals surface area contributed by atoms with Gasteiger partial charge in [-0.3, -0.25) is 9.59 Å². The molecular weight excluding hydrogens is 448 g/mol. The van der Waals surface area contributed by atoms with Crippen LogP contribution in [-0.4, -0.2) is 31.8 Å². The molecule has 2 aromatic carbocycles. The predicted octanol–water partition coefficient (Wildman–Crippen LogP) is 5.05. The van der Waals surface area contributed by atoms with Crippen molar-refractivity contribution in [1.29, 1.82) is 0 Å². The summed E-state index contributed by atoms with van der Waals surface area (Å²) in [7, 11) is 3.01. The summed E-state index contributed by atoms with van der Waals surface area (Å²) in [5, 5.41) is 0. The minimum Gasteiger partial charge on any atom is -0.497 e. The van der Waals surface area contributed by atoms with E-state index in [-0.39, 0.29) is 17.3 Å². The zero-order valence-corrected chi connectivity index (χ0v) is 19.7. The molecule has 7 heteroatoms. The first-order valence-corrected chi connectivity index (χ1v) is 11.7. The molecule has 0 N–H and O–H groups in total. The second kappa shape index (κ2) is 9.41. The van der Waals surface area contributed by atoms with Crippen molar-refractivity contribution in [2.45, 2.75) is 44.4 Å². The van der Waals surface area contributed by atoms with E-state index in [9.17, 15) is 14.4 Å². The Labute approximate surface area is 203 Å². The fourth-order valence-electron chi connectivity index (χ4n) is 5.01. The third-order valence-corrected chi connectivity index (χ3v) is 6.67. The van der Waals surface area contributed by atoms with Crippen LogP contribution in [0, 0.1) is 0 Å². The molecule has 0 radical (unpaired) electrons. The summed E-state index contributed by atoms with van der Waals surface area (Å²) < 4.78 is 22.4. The van der Waals surface area contributed by atoms with Gasteiger partial charge in [-0.2, -0.15) is 0 Å². The second-order valence-corrected chi connectivity index (χ2v) is 8.79. The maximum atomic E-state index is 13.0. The van der Waals surface area contributed by atoms with Crippen LogP contribution in [0.2, 0.25) is 0 Å². The van der Waals surface area contributed by atoms with Gasteiger partial charge in [-0.25, -0.2) is 4.79 Å². The van der Waals surface area contributed by atoms with E-state index in [0.29, 0.717) is 65.4 Å². The first-order chi connectivity index (χ1) is 17.0. The molecule has 0 saturated carbocycles. The number of ether oxygens (including phenoxy) is 4. The van der Waals surface area contributed by atoms with Crippen molar-refractivity contribution in [1.82, 2.24) is 0 Å². The van der Waals surface area contributed by atoms with Gasteiger partial charge >= 0.3 is 5.97 Å². The lowest BCUT2D eigenvalue weighted by molar-refractivity contribution is -0.117. The van der Waals surface area contributed by atoms with Crippen molar-refractivity contribution in [3.8, 4) is 17.2 Å². The van der Waals surface area contributed by atoms with Gasteiger partial charge in [0.05, 0.1) is 19.8 Å². The topological polar surface area (TPSA) is 88.1 Å². The minimum atomic E-state index is -0.555. The minimum absolute atomic E-state index is 0.00803. The summed E-state index contributed by atoms with van der Waals surface area (Å²) in [5.41, 5.74) is 2.20. The lowest BCUT2D eigenvalue weighted by Crippen LogP contribution is -2.30. The van der Waals surface area contributed by atoms with Crippen LogP contribution >= 0.6 is 0 Å². The fraction of sp³-hybridized carbons (Fsp3) is 0.321. The van der Waals surface area contributed by atoms with Crippen LogP contribution in [0.3, 0.4) is 0 Å². The molecule has 35 heavy (non-hydrogen) atoms. The van der Waals surface area contributed by atoms with Gasteiger partial charge in [-0.15, -0.1) is 0 Å². The van der Waals surface area contributed by atoms with Crippen molar-refractivity contribution in [2.75, 3.05) is 14.2 Å². The molecule has 1 heterocycles. The number of hydrogen-bond donors (Lipinski definition) is 0. The van der Waals surface area contributed by atoms with Gasteiger partial charge in [0.25, 0.3) is 0 Å². The third-order valence-electron chi connectivity index (χ3n) is 6.67.